The second-order valence-electron chi connectivity index (χ2n) is 4.42. The van der Waals surface area contributed by atoms with Gasteiger partial charge in [-0.15, -0.1) is 0 Å². The second kappa shape index (κ2) is 5.62. The summed E-state index contributed by atoms with van der Waals surface area (Å²) in [6, 6.07) is 9.91. The molecule has 1 unspecified atom stereocenters. The molecule has 3 N–H and O–H groups in total. The molecule has 0 aliphatic carbocycles. The Kier molecular flexibility index (Phi) is 3.51. The van der Waals surface area contributed by atoms with Crippen molar-refractivity contribution in [2.24, 2.45) is 5.73 Å². The number of nitrogens with zero attached hydrogens (tertiary/aromatic N) is 4. The molecule has 2 heterocycles. The van der Waals surface area contributed by atoms with E-state index >= 15 is 0 Å². The maximum atomic E-state index is 6.13. The molecule has 3 aromatic rings. The Balaban J connectivity index is 1.62. The Morgan fingerprint density at radius 1 is 1.25 bits per heavy atom. The number of aromatic amines is 1. The highest BCUT2D eigenvalue weighted by molar-refractivity contribution is 5.44. The van der Waals surface area contributed by atoms with Gasteiger partial charge in [-0.05, 0) is 12.0 Å². The summed E-state index contributed by atoms with van der Waals surface area (Å²) in [7, 11) is 0. The van der Waals surface area contributed by atoms with E-state index in [-0.39, 0.29) is 6.04 Å². The highest BCUT2D eigenvalue weighted by atomic mass is 16.5. The first kappa shape index (κ1) is 12.5. The average molecular weight is 270 g/mol. The van der Waals surface area contributed by atoms with Gasteiger partial charge in [-0.1, -0.05) is 35.5 Å². The molecule has 0 bridgehead atoms. The Morgan fingerprint density at radius 3 is 2.85 bits per heavy atom. The molecule has 0 spiro atoms. The van der Waals surface area contributed by atoms with Crippen LogP contribution >= 0.6 is 0 Å². The maximum absolute atomic E-state index is 6.13. The van der Waals surface area contributed by atoms with E-state index in [0.29, 0.717) is 23.8 Å². The molecule has 0 saturated heterocycles. The lowest BCUT2D eigenvalue weighted by Crippen LogP contribution is -2.11. The minimum atomic E-state index is -0.0430. The zero-order valence-corrected chi connectivity index (χ0v) is 10.7. The van der Waals surface area contributed by atoms with Crippen LogP contribution in [-0.2, 0) is 6.42 Å². The van der Waals surface area contributed by atoms with Crippen LogP contribution < -0.4 is 5.73 Å². The molecule has 3 rings (SSSR count). The summed E-state index contributed by atoms with van der Waals surface area (Å²) in [4.78, 5) is 4.26. The summed E-state index contributed by atoms with van der Waals surface area (Å²) in [6.07, 6.45) is 2.91. The van der Waals surface area contributed by atoms with Gasteiger partial charge < -0.3 is 10.3 Å². The third kappa shape index (κ3) is 2.72. The van der Waals surface area contributed by atoms with Crippen molar-refractivity contribution in [2.75, 3.05) is 0 Å². The first-order valence-corrected chi connectivity index (χ1v) is 6.32. The number of hydrogen-bond donors (Lipinski definition) is 2. The molecule has 0 aliphatic rings. The van der Waals surface area contributed by atoms with Crippen LogP contribution in [0.25, 0.3) is 11.5 Å². The maximum Gasteiger partial charge on any atom is 0.227 e. The number of rotatable bonds is 5. The van der Waals surface area contributed by atoms with Gasteiger partial charge in [0, 0.05) is 12.5 Å². The topological polar surface area (TPSA) is 107 Å². The minimum Gasteiger partial charge on any atom is -0.339 e. The first-order chi connectivity index (χ1) is 9.83. The fraction of sp³-hybridized carbons (Fsp3) is 0.231. The smallest absolute Gasteiger partial charge is 0.227 e. The van der Waals surface area contributed by atoms with E-state index in [4.69, 9.17) is 10.3 Å². The van der Waals surface area contributed by atoms with Crippen LogP contribution in [0.1, 0.15) is 23.9 Å². The molecule has 1 aromatic carbocycles. The summed E-state index contributed by atoms with van der Waals surface area (Å²) in [5.74, 6) is 0.983. The van der Waals surface area contributed by atoms with Crippen LogP contribution in [0.15, 0.2) is 41.1 Å². The van der Waals surface area contributed by atoms with Gasteiger partial charge in [-0.2, -0.15) is 20.4 Å². The van der Waals surface area contributed by atoms with Gasteiger partial charge in [0.2, 0.25) is 11.7 Å². The van der Waals surface area contributed by atoms with Crippen molar-refractivity contribution in [3.05, 3.63) is 48.0 Å². The molecule has 0 fully saturated rings. The van der Waals surface area contributed by atoms with E-state index in [2.05, 4.69) is 25.6 Å². The molecule has 0 saturated carbocycles. The van der Waals surface area contributed by atoms with Crippen LogP contribution in [0.4, 0.5) is 0 Å². The van der Waals surface area contributed by atoms with Gasteiger partial charge in [0.25, 0.3) is 0 Å². The quantitative estimate of drug-likeness (QED) is 0.727. The van der Waals surface area contributed by atoms with Crippen molar-refractivity contribution >= 4 is 0 Å². The van der Waals surface area contributed by atoms with E-state index in [9.17, 15) is 0 Å². The van der Waals surface area contributed by atoms with Crippen molar-refractivity contribution in [3.63, 3.8) is 0 Å². The molecule has 0 amide bonds. The Morgan fingerprint density at radius 2 is 2.10 bits per heavy atom. The predicted octanol–water partition coefficient (Wildman–Crippen LogP) is 1.49. The molecule has 7 heteroatoms. The van der Waals surface area contributed by atoms with E-state index in [1.54, 1.807) is 6.20 Å². The fourth-order valence-electron chi connectivity index (χ4n) is 1.92. The van der Waals surface area contributed by atoms with E-state index in [1.165, 1.54) is 0 Å². The van der Waals surface area contributed by atoms with Gasteiger partial charge in [0.1, 0.15) is 0 Å². The third-order valence-corrected chi connectivity index (χ3v) is 3.01. The Labute approximate surface area is 115 Å². The average Bonchev–Trinajstić information content (AvgIpc) is 3.16. The highest BCUT2D eigenvalue weighted by Crippen LogP contribution is 2.17. The predicted molar refractivity (Wildman–Crippen MR) is 71.4 cm³/mol. The lowest BCUT2D eigenvalue weighted by atomic mass is 10.0. The van der Waals surface area contributed by atoms with Gasteiger partial charge in [-0.25, -0.2) is 0 Å². The van der Waals surface area contributed by atoms with Crippen LogP contribution in [-0.4, -0.2) is 25.6 Å². The molecule has 0 aliphatic heterocycles. The van der Waals surface area contributed by atoms with Crippen molar-refractivity contribution in [2.45, 2.75) is 18.9 Å². The normalized spacial score (nSPS) is 12.4. The Bertz CT molecular complexity index is 649. The highest BCUT2D eigenvalue weighted by Gasteiger charge is 2.12. The third-order valence-electron chi connectivity index (χ3n) is 3.01. The monoisotopic (exact) mass is 270 g/mol. The number of aromatic nitrogens is 5. The van der Waals surface area contributed by atoms with Gasteiger partial charge in [0.05, 0.1) is 6.20 Å². The van der Waals surface area contributed by atoms with E-state index in [1.807, 2.05) is 30.3 Å². The minimum absolute atomic E-state index is 0.0430. The summed E-state index contributed by atoms with van der Waals surface area (Å²) in [5, 5.41) is 14.0. The number of nitrogens with one attached hydrogen (secondary N) is 1. The Hall–Kier alpha value is -2.54. The molecule has 1 atom stereocenters. The number of aryl methyl sites for hydroxylation is 1. The zero-order valence-electron chi connectivity index (χ0n) is 10.7. The number of H-pyrrole nitrogens is 1. The van der Waals surface area contributed by atoms with Crippen molar-refractivity contribution in [1.29, 1.82) is 0 Å². The molecule has 0 radical (unpaired) electrons. The lowest BCUT2D eigenvalue weighted by Gasteiger charge is -2.09. The zero-order chi connectivity index (χ0) is 13.8. The fourth-order valence-corrected chi connectivity index (χ4v) is 1.92. The van der Waals surface area contributed by atoms with Crippen molar-refractivity contribution < 1.29 is 4.52 Å². The van der Waals surface area contributed by atoms with Gasteiger partial charge >= 0.3 is 0 Å². The molecule has 102 valence electrons. The van der Waals surface area contributed by atoms with Crippen LogP contribution in [0, 0.1) is 0 Å². The van der Waals surface area contributed by atoms with E-state index in [0.717, 1.165) is 12.0 Å². The summed E-state index contributed by atoms with van der Waals surface area (Å²) < 4.78 is 5.18. The van der Waals surface area contributed by atoms with Crippen molar-refractivity contribution in [1.82, 2.24) is 25.6 Å². The SMILES string of the molecule is NC(CCc1nc(-c2cn[nH]n2)no1)c1ccccc1. The first-order valence-electron chi connectivity index (χ1n) is 6.32. The molecular formula is C13H14N6O. The molecule has 2 aromatic heterocycles. The molecule has 20 heavy (non-hydrogen) atoms. The summed E-state index contributed by atoms with van der Waals surface area (Å²) in [5.41, 5.74) is 7.79. The molecular weight excluding hydrogens is 256 g/mol. The second-order valence-corrected chi connectivity index (χ2v) is 4.42. The number of benzene rings is 1. The lowest BCUT2D eigenvalue weighted by molar-refractivity contribution is 0.372. The van der Waals surface area contributed by atoms with Gasteiger partial charge in [0.15, 0.2) is 5.69 Å². The van der Waals surface area contributed by atoms with Crippen LogP contribution in [0.3, 0.4) is 0 Å². The standard InChI is InChI=1S/C13H14N6O/c14-10(9-4-2-1-3-5-9)6-7-12-16-13(18-20-12)11-8-15-19-17-11/h1-5,8,10H,6-7,14H2,(H,15,17,19). The molecule has 7 nitrogen and oxygen atoms in total. The van der Waals surface area contributed by atoms with Crippen LogP contribution in [0.5, 0.6) is 0 Å². The van der Waals surface area contributed by atoms with E-state index < -0.39 is 0 Å². The van der Waals surface area contributed by atoms with Crippen molar-refractivity contribution in [3.8, 4) is 11.5 Å². The van der Waals surface area contributed by atoms with Crippen LogP contribution in [0.2, 0.25) is 0 Å². The largest absolute Gasteiger partial charge is 0.339 e. The number of hydrogen-bond acceptors (Lipinski definition) is 6. The summed E-state index contributed by atoms with van der Waals surface area (Å²) >= 11 is 0. The summed E-state index contributed by atoms with van der Waals surface area (Å²) in [6.45, 7) is 0. The number of nitrogens with two attached hydrogens (primary N) is 1. The van der Waals surface area contributed by atoms with Gasteiger partial charge in [-0.3, -0.25) is 0 Å².